The SMILES string of the molecule is CC1(NC(=O)c2cc(Cl)ccn2)CC1. The topological polar surface area (TPSA) is 42.0 Å². The molecule has 0 atom stereocenters. The summed E-state index contributed by atoms with van der Waals surface area (Å²) in [6.45, 7) is 2.02. The highest BCUT2D eigenvalue weighted by Crippen LogP contribution is 2.34. The van der Waals surface area contributed by atoms with E-state index in [2.05, 4.69) is 10.3 Å². The molecular formula is C10H11ClN2O. The number of rotatable bonds is 2. The second kappa shape index (κ2) is 3.24. The molecule has 1 N–H and O–H groups in total. The molecule has 1 aromatic heterocycles. The van der Waals surface area contributed by atoms with Crippen LogP contribution in [0.25, 0.3) is 0 Å². The fraction of sp³-hybridized carbons (Fsp3) is 0.400. The summed E-state index contributed by atoms with van der Waals surface area (Å²) in [5, 5.41) is 3.45. The molecule has 0 spiro atoms. The van der Waals surface area contributed by atoms with Gasteiger partial charge in [-0.05, 0) is 31.9 Å². The molecule has 0 unspecified atom stereocenters. The Morgan fingerprint density at radius 2 is 2.36 bits per heavy atom. The van der Waals surface area contributed by atoms with Gasteiger partial charge in [-0.15, -0.1) is 0 Å². The van der Waals surface area contributed by atoms with Crippen LogP contribution in [-0.2, 0) is 0 Å². The van der Waals surface area contributed by atoms with Crippen molar-refractivity contribution in [3.8, 4) is 0 Å². The Balaban J connectivity index is 2.11. The number of pyridine rings is 1. The molecule has 0 aromatic carbocycles. The fourth-order valence-corrected chi connectivity index (χ4v) is 1.34. The highest BCUT2D eigenvalue weighted by Gasteiger charge is 2.38. The van der Waals surface area contributed by atoms with Crippen molar-refractivity contribution in [3.63, 3.8) is 0 Å². The van der Waals surface area contributed by atoms with Gasteiger partial charge >= 0.3 is 0 Å². The van der Waals surface area contributed by atoms with Gasteiger partial charge in [0.25, 0.3) is 5.91 Å². The van der Waals surface area contributed by atoms with E-state index in [1.165, 1.54) is 6.20 Å². The van der Waals surface area contributed by atoms with Crippen LogP contribution in [0.4, 0.5) is 0 Å². The van der Waals surface area contributed by atoms with Crippen molar-refractivity contribution < 1.29 is 4.79 Å². The van der Waals surface area contributed by atoms with Crippen LogP contribution in [0.5, 0.6) is 0 Å². The molecule has 0 radical (unpaired) electrons. The van der Waals surface area contributed by atoms with Crippen molar-refractivity contribution >= 4 is 17.5 Å². The number of amides is 1. The van der Waals surface area contributed by atoms with Gasteiger partial charge in [0.05, 0.1) is 0 Å². The largest absolute Gasteiger partial charge is 0.346 e. The Kier molecular flexibility index (Phi) is 2.19. The summed E-state index contributed by atoms with van der Waals surface area (Å²) in [6, 6.07) is 3.22. The molecule has 1 aromatic rings. The zero-order valence-electron chi connectivity index (χ0n) is 7.88. The first-order valence-electron chi connectivity index (χ1n) is 4.53. The molecule has 1 aliphatic rings. The third-order valence-corrected chi connectivity index (χ3v) is 2.61. The molecule has 0 aliphatic heterocycles. The van der Waals surface area contributed by atoms with Crippen molar-refractivity contribution in [1.82, 2.24) is 10.3 Å². The molecule has 4 heteroatoms. The third kappa shape index (κ3) is 2.04. The van der Waals surface area contributed by atoms with Gasteiger partial charge in [-0.3, -0.25) is 9.78 Å². The van der Waals surface area contributed by atoms with Crippen LogP contribution in [0.2, 0.25) is 5.02 Å². The Bertz CT molecular complexity index is 374. The van der Waals surface area contributed by atoms with Crippen molar-refractivity contribution in [2.24, 2.45) is 0 Å². The average Bonchev–Trinajstić information content (AvgIpc) is 2.83. The van der Waals surface area contributed by atoms with Crippen LogP contribution in [0.15, 0.2) is 18.3 Å². The van der Waals surface area contributed by atoms with Gasteiger partial charge < -0.3 is 5.32 Å². The van der Waals surface area contributed by atoms with Gasteiger partial charge in [-0.25, -0.2) is 0 Å². The number of carbonyl (C=O) groups is 1. The Labute approximate surface area is 87.5 Å². The van der Waals surface area contributed by atoms with E-state index >= 15 is 0 Å². The summed E-state index contributed by atoms with van der Waals surface area (Å²) in [5.74, 6) is -0.146. The van der Waals surface area contributed by atoms with E-state index in [-0.39, 0.29) is 11.4 Å². The van der Waals surface area contributed by atoms with E-state index in [9.17, 15) is 4.79 Å². The van der Waals surface area contributed by atoms with E-state index in [0.29, 0.717) is 10.7 Å². The van der Waals surface area contributed by atoms with Crippen molar-refractivity contribution in [1.29, 1.82) is 0 Å². The number of hydrogen-bond acceptors (Lipinski definition) is 2. The number of aromatic nitrogens is 1. The smallest absolute Gasteiger partial charge is 0.270 e. The molecule has 0 saturated heterocycles. The molecule has 1 amide bonds. The van der Waals surface area contributed by atoms with Gasteiger partial charge in [-0.1, -0.05) is 11.6 Å². The summed E-state index contributed by atoms with van der Waals surface area (Å²) in [4.78, 5) is 15.6. The zero-order chi connectivity index (χ0) is 10.2. The van der Waals surface area contributed by atoms with Crippen LogP contribution in [-0.4, -0.2) is 16.4 Å². The number of nitrogens with zero attached hydrogens (tertiary/aromatic N) is 1. The molecule has 2 rings (SSSR count). The highest BCUT2D eigenvalue weighted by atomic mass is 35.5. The predicted octanol–water partition coefficient (Wildman–Crippen LogP) is 2.02. The Morgan fingerprint density at radius 1 is 1.64 bits per heavy atom. The summed E-state index contributed by atoms with van der Waals surface area (Å²) < 4.78 is 0. The van der Waals surface area contributed by atoms with E-state index < -0.39 is 0 Å². The van der Waals surface area contributed by atoms with E-state index in [1.54, 1.807) is 12.1 Å². The fourth-order valence-electron chi connectivity index (χ4n) is 1.18. The molecule has 14 heavy (non-hydrogen) atoms. The van der Waals surface area contributed by atoms with Crippen molar-refractivity contribution in [2.75, 3.05) is 0 Å². The molecule has 1 fully saturated rings. The average molecular weight is 211 g/mol. The summed E-state index contributed by atoms with van der Waals surface area (Å²) in [6.07, 6.45) is 3.62. The quantitative estimate of drug-likeness (QED) is 0.812. The number of nitrogens with one attached hydrogen (secondary N) is 1. The van der Waals surface area contributed by atoms with Gasteiger partial charge in [0, 0.05) is 16.8 Å². The lowest BCUT2D eigenvalue weighted by atomic mass is 10.3. The third-order valence-electron chi connectivity index (χ3n) is 2.37. The van der Waals surface area contributed by atoms with Crippen LogP contribution in [0.1, 0.15) is 30.3 Å². The maximum atomic E-state index is 11.6. The minimum absolute atomic E-state index is 0.0128. The van der Waals surface area contributed by atoms with Crippen LogP contribution < -0.4 is 5.32 Å². The van der Waals surface area contributed by atoms with Gasteiger partial charge in [0.1, 0.15) is 5.69 Å². The lowest BCUT2D eigenvalue weighted by molar-refractivity contribution is 0.0930. The Morgan fingerprint density at radius 3 is 2.93 bits per heavy atom. The first-order valence-corrected chi connectivity index (χ1v) is 4.91. The van der Waals surface area contributed by atoms with Crippen LogP contribution >= 0.6 is 11.6 Å². The first kappa shape index (κ1) is 9.46. The monoisotopic (exact) mass is 210 g/mol. The van der Waals surface area contributed by atoms with Crippen LogP contribution in [0, 0.1) is 0 Å². The van der Waals surface area contributed by atoms with Gasteiger partial charge in [-0.2, -0.15) is 0 Å². The normalized spacial score (nSPS) is 17.6. The lowest BCUT2D eigenvalue weighted by Gasteiger charge is -2.10. The Hall–Kier alpha value is -1.09. The van der Waals surface area contributed by atoms with Crippen LogP contribution in [0.3, 0.4) is 0 Å². The zero-order valence-corrected chi connectivity index (χ0v) is 8.64. The molecule has 1 aliphatic carbocycles. The second-order valence-corrected chi connectivity index (χ2v) is 4.31. The minimum Gasteiger partial charge on any atom is -0.346 e. The lowest BCUT2D eigenvalue weighted by Crippen LogP contribution is -2.34. The molecule has 1 heterocycles. The highest BCUT2D eigenvalue weighted by molar-refractivity contribution is 6.30. The van der Waals surface area contributed by atoms with Gasteiger partial charge in [0.2, 0.25) is 0 Å². The first-order chi connectivity index (χ1) is 6.59. The van der Waals surface area contributed by atoms with Crippen molar-refractivity contribution in [3.05, 3.63) is 29.0 Å². The van der Waals surface area contributed by atoms with Gasteiger partial charge in [0.15, 0.2) is 0 Å². The molecule has 74 valence electrons. The van der Waals surface area contributed by atoms with Crippen molar-refractivity contribution in [2.45, 2.75) is 25.3 Å². The molecule has 0 bridgehead atoms. The van der Waals surface area contributed by atoms with E-state index in [1.807, 2.05) is 6.92 Å². The summed E-state index contributed by atoms with van der Waals surface area (Å²) in [5.41, 5.74) is 0.367. The molecule has 3 nitrogen and oxygen atoms in total. The maximum Gasteiger partial charge on any atom is 0.270 e. The standard InChI is InChI=1S/C10H11ClN2O/c1-10(3-4-10)13-9(14)8-6-7(11)2-5-12-8/h2,5-6H,3-4H2,1H3,(H,13,14). The molecule has 1 saturated carbocycles. The number of carbonyl (C=O) groups excluding carboxylic acids is 1. The van der Waals surface area contributed by atoms with E-state index in [0.717, 1.165) is 12.8 Å². The maximum absolute atomic E-state index is 11.6. The second-order valence-electron chi connectivity index (χ2n) is 3.87. The molecular weight excluding hydrogens is 200 g/mol. The summed E-state index contributed by atoms with van der Waals surface area (Å²) in [7, 11) is 0. The van der Waals surface area contributed by atoms with E-state index in [4.69, 9.17) is 11.6 Å². The predicted molar refractivity (Wildman–Crippen MR) is 54.4 cm³/mol. The minimum atomic E-state index is -0.146. The number of halogens is 1. The summed E-state index contributed by atoms with van der Waals surface area (Å²) >= 11 is 5.76. The number of hydrogen-bond donors (Lipinski definition) is 1.